The van der Waals surface area contributed by atoms with E-state index in [1.54, 1.807) is 0 Å². The second-order valence-electron chi connectivity index (χ2n) is 6.09. The lowest BCUT2D eigenvalue weighted by Gasteiger charge is -2.26. The van der Waals surface area contributed by atoms with E-state index in [1.807, 2.05) is 11.8 Å². The first kappa shape index (κ1) is 15.9. The highest BCUT2D eigenvalue weighted by molar-refractivity contribution is 7.99. The highest BCUT2D eigenvalue weighted by Gasteiger charge is 2.09. The molecule has 1 aliphatic heterocycles. The van der Waals surface area contributed by atoms with E-state index in [2.05, 4.69) is 53.8 Å². The molecule has 1 nitrogen and oxygen atoms in total. The van der Waals surface area contributed by atoms with Crippen LogP contribution in [0.2, 0.25) is 0 Å². The van der Waals surface area contributed by atoms with Gasteiger partial charge in [-0.1, -0.05) is 42.8 Å². The van der Waals surface area contributed by atoms with Crippen molar-refractivity contribution in [3.05, 3.63) is 48.9 Å². The normalized spacial score (nSPS) is 16.2. The number of hydrogen-bond donors (Lipinski definition) is 0. The predicted octanol–water partition coefficient (Wildman–Crippen LogP) is 5.40. The van der Waals surface area contributed by atoms with Crippen LogP contribution in [-0.2, 0) is 0 Å². The quantitative estimate of drug-likeness (QED) is 0.497. The molecule has 1 radical (unpaired) electrons. The van der Waals surface area contributed by atoms with Crippen molar-refractivity contribution >= 4 is 22.5 Å². The Hall–Kier alpha value is -0.990. The average molecular weight is 313 g/mol. The number of rotatable bonds is 7. The summed E-state index contributed by atoms with van der Waals surface area (Å²) < 4.78 is 0. The lowest BCUT2D eigenvalue weighted by Crippen LogP contribution is -2.30. The summed E-state index contributed by atoms with van der Waals surface area (Å²) in [4.78, 5) is 4.06. The van der Waals surface area contributed by atoms with Gasteiger partial charge in [0.25, 0.3) is 0 Å². The summed E-state index contributed by atoms with van der Waals surface area (Å²) in [6.07, 6.45) is 9.05. The van der Waals surface area contributed by atoms with E-state index < -0.39 is 0 Å². The molecule has 0 atom stereocenters. The van der Waals surface area contributed by atoms with E-state index in [0.717, 1.165) is 0 Å². The van der Waals surface area contributed by atoms with Gasteiger partial charge in [0.15, 0.2) is 0 Å². The van der Waals surface area contributed by atoms with Gasteiger partial charge in [0.2, 0.25) is 0 Å². The molecule has 22 heavy (non-hydrogen) atoms. The first-order chi connectivity index (χ1) is 10.9. The van der Waals surface area contributed by atoms with Gasteiger partial charge in [-0.3, -0.25) is 0 Å². The molecule has 0 bridgehead atoms. The van der Waals surface area contributed by atoms with Gasteiger partial charge in [-0.15, -0.1) is 11.8 Å². The first-order valence-electron chi connectivity index (χ1n) is 8.58. The standard InChI is InChI=1S/C20H26NS/c1-5-14-21(15-6-1)16-7-2-8-17-22-20-13-9-11-18-10-3-4-12-19(18)20/h1,3-4,9-13H,2,5-8,14-17H2. The van der Waals surface area contributed by atoms with Gasteiger partial charge >= 0.3 is 0 Å². The molecule has 1 saturated heterocycles. The van der Waals surface area contributed by atoms with Crippen molar-refractivity contribution in [3.63, 3.8) is 0 Å². The monoisotopic (exact) mass is 312 g/mol. The number of nitrogens with zero attached hydrogens (tertiary/aromatic N) is 1. The molecule has 0 spiro atoms. The van der Waals surface area contributed by atoms with Crippen LogP contribution in [0.15, 0.2) is 47.4 Å². The smallest absolute Gasteiger partial charge is 0.0150 e. The number of thioether (sulfide) groups is 1. The van der Waals surface area contributed by atoms with E-state index in [9.17, 15) is 0 Å². The Morgan fingerprint density at radius 2 is 1.68 bits per heavy atom. The molecule has 117 valence electrons. The van der Waals surface area contributed by atoms with Crippen LogP contribution in [0.3, 0.4) is 0 Å². The number of unbranched alkanes of at least 4 members (excludes halogenated alkanes) is 2. The molecule has 1 heterocycles. The molecule has 0 unspecified atom stereocenters. The number of fused-ring (bicyclic) bond motifs is 1. The van der Waals surface area contributed by atoms with Gasteiger partial charge in [-0.2, -0.15) is 0 Å². The Morgan fingerprint density at radius 1 is 0.864 bits per heavy atom. The first-order valence-corrected chi connectivity index (χ1v) is 9.56. The van der Waals surface area contributed by atoms with Crippen LogP contribution in [0.25, 0.3) is 10.8 Å². The third kappa shape index (κ3) is 4.50. The largest absolute Gasteiger partial charge is 0.303 e. The van der Waals surface area contributed by atoms with Crippen molar-refractivity contribution in [2.75, 3.05) is 25.4 Å². The van der Waals surface area contributed by atoms with Crippen LogP contribution in [0.5, 0.6) is 0 Å². The van der Waals surface area contributed by atoms with Gasteiger partial charge in [0.05, 0.1) is 0 Å². The summed E-state index contributed by atoms with van der Waals surface area (Å²) in [6.45, 7) is 3.86. The summed E-state index contributed by atoms with van der Waals surface area (Å²) in [7, 11) is 0. The second-order valence-corrected chi connectivity index (χ2v) is 7.23. The zero-order valence-electron chi connectivity index (χ0n) is 13.3. The molecule has 2 heteroatoms. The molecule has 0 saturated carbocycles. The van der Waals surface area contributed by atoms with Gasteiger partial charge in [-0.25, -0.2) is 0 Å². The van der Waals surface area contributed by atoms with Gasteiger partial charge in [-0.05, 0) is 74.3 Å². The zero-order valence-corrected chi connectivity index (χ0v) is 14.2. The summed E-state index contributed by atoms with van der Waals surface area (Å²) in [5.74, 6) is 1.24. The van der Waals surface area contributed by atoms with Crippen molar-refractivity contribution in [1.29, 1.82) is 0 Å². The van der Waals surface area contributed by atoms with Crippen molar-refractivity contribution in [3.8, 4) is 0 Å². The molecule has 1 aliphatic rings. The lowest BCUT2D eigenvalue weighted by molar-refractivity contribution is 0.249. The Labute approximate surface area is 139 Å². The van der Waals surface area contributed by atoms with Crippen LogP contribution in [0, 0.1) is 6.42 Å². The minimum absolute atomic E-state index is 1.24. The molecule has 0 aliphatic carbocycles. The fourth-order valence-electron chi connectivity index (χ4n) is 3.15. The average Bonchev–Trinajstić information content (AvgIpc) is 2.59. The molecular formula is C20H26NS. The van der Waals surface area contributed by atoms with Gasteiger partial charge in [0, 0.05) is 4.90 Å². The third-order valence-corrected chi connectivity index (χ3v) is 5.58. The highest BCUT2D eigenvalue weighted by atomic mass is 32.2. The number of benzene rings is 2. The molecule has 0 N–H and O–H groups in total. The molecule has 2 aromatic rings. The minimum Gasteiger partial charge on any atom is -0.303 e. The van der Waals surface area contributed by atoms with Crippen LogP contribution in [0.4, 0.5) is 0 Å². The Morgan fingerprint density at radius 3 is 2.59 bits per heavy atom. The zero-order chi connectivity index (χ0) is 15.0. The SMILES string of the molecule is [CH]1CCN(CCCCCSc2cccc3ccccc23)CC1. The predicted molar refractivity (Wildman–Crippen MR) is 98.5 cm³/mol. The lowest BCUT2D eigenvalue weighted by atomic mass is 10.1. The molecule has 1 fully saturated rings. The van der Waals surface area contributed by atoms with Crippen molar-refractivity contribution < 1.29 is 0 Å². The van der Waals surface area contributed by atoms with Crippen LogP contribution in [0.1, 0.15) is 32.1 Å². The van der Waals surface area contributed by atoms with E-state index in [4.69, 9.17) is 0 Å². The maximum atomic E-state index is 2.62. The summed E-state index contributed by atoms with van der Waals surface area (Å²) in [5, 5.41) is 2.76. The van der Waals surface area contributed by atoms with E-state index >= 15 is 0 Å². The van der Waals surface area contributed by atoms with E-state index in [0.29, 0.717) is 0 Å². The Kier molecular flexibility index (Phi) is 6.21. The van der Waals surface area contributed by atoms with E-state index in [1.165, 1.54) is 73.2 Å². The molecule has 0 aromatic heterocycles. The summed E-state index contributed by atoms with van der Waals surface area (Å²) >= 11 is 2.02. The molecular weight excluding hydrogens is 286 g/mol. The number of hydrogen-bond acceptors (Lipinski definition) is 2. The Balaban J connectivity index is 1.37. The van der Waals surface area contributed by atoms with Gasteiger partial charge in [0.1, 0.15) is 0 Å². The van der Waals surface area contributed by atoms with Crippen LogP contribution < -0.4 is 0 Å². The molecule has 0 amide bonds. The third-order valence-electron chi connectivity index (χ3n) is 4.42. The van der Waals surface area contributed by atoms with Crippen molar-refractivity contribution in [1.82, 2.24) is 4.90 Å². The van der Waals surface area contributed by atoms with Crippen LogP contribution >= 0.6 is 11.8 Å². The summed E-state index contributed by atoms with van der Waals surface area (Å²) in [5.41, 5.74) is 0. The number of likely N-dealkylation sites (tertiary alicyclic amines) is 1. The molecule has 2 aromatic carbocycles. The Bertz CT molecular complexity index is 569. The highest BCUT2D eigenvalue weighted by Crippen LogP contribution is 2.28. The van der Waals surface area contributed by atoms with Crippen molar-refractivity contribution in [2.45, 2.75) is 37.0 Å². The van der Waals surface area contributed by atoms with Crippen molar-refractivity contribution in [2.24, 2.45) is 0 Å². The minimum atomic E-state index is 1.24. The fraction of sp³-hybridized carbons (Fsp3) is 0.450. The van der Waals surface area contributed by atoms with E-state index in [-0.39, 0.29) is 0 Å². The number of piperidine rings is 1. The molecule has 3 rings (SSSR count). The maximum absolute atomic E-state index is 2.62. The summed E-state index contributed by atoms with van der Waals surface area (Å²) in [6, 6.07) is 15.3. The van der Waals surface area contributed by atoms with Crippen LogP contribution in [-0.4, -0.2) is 30.3 Å². The fourth-order valence-corrected chi connectivity index (χ4v) is 4.23. The van der Waals surface area contributed by atoms with Gasteiger partial charge < -0.3 is 4.90 Å². The topological polar surface area (TPSA) is 3.24 Å². The second kappa shape index (κ2) is 8.59. The maximum Gasteiger partial charge on any atom is 0.0150 e.